The summed E-state index contributed by atoms with van der Waals surface area (Å²) >= 11 is 0. The number of hydrogen-bond donors (Lipinski definition) is 14. The van der Waals surface area contributed by atoms with E-state index in [9.17, 15) is 43.5 Å². The van der Waals surface area contributed by atoms with E-state index in [0.717, 1.165) is 55.9 Å². The van der Waals surface area contributed by atoms with Gasteiger partial charge in [0.2, 0.25) is 47.3 Å². The SMILES string of the molecule is CC(=O)O.CC(C)C1NC(=O)C(CCCCN)NC(=O)C(Cc2c[nH]c3ccccc23)NC(=O)C(Cc2ccc(O)cc2)NC(=O)C(NC(=O)C(N)Cc2ccccc2)CSSCC(C(=O)NC(Cc2c[nH]c3ccccc23)C(N)=O)NC1=O. The number of phenols is 1. The van der Waals surface area contributed by atoms with Crippen molar-refractivity contribution in [2.24, 2.45) is 23.1 Å². The van der Waals surface area contributed by atoms with Gasteiger partial charge >= 0.3 is 0 Å². The number of nitrogens with one attached hydrogen (secondary N) is 9. The van der Waals surface area contributed by atoms with E-state index >= 15 is 0 Å². The molecule has 4 aromatic carbocycles. The molecule has 448 valence electrons. The fourth-order valence-corrected chi connectivity index (χ4v) is 11.6. The van der Waals surface area contributed by atoms with Crippen LogP contribution in [-0.4, -0.2) is 140 Å². The van der Waals surface area contributed by atoms with Crippen molar-refractivity contribution in [1.82, 2.24) is 47.2 Å². The molecule has 7 rings (SSSR count). The number of phenolic OH excluding ortho intramolecular Hbond substituents is 1. The number of aliphatic carboxylic acids is 1. The number of unbranched alkanes of at least 4 members (excludes halogenated alkanes) is 1. The van der Waals surface area contributed by atoms with Crippen molar-refractivity contribution in [3.05, 3.63) is 138 Å². The van der Waals surface area contributed by atoms with Crippen LogP contribution in [0.2, 0.25) is 0 Å². The molecule has 0 bridgehead atoms. The smallest absolute Gasteiger partial charge is 0.300 e. The first-order chi connectivity index (χ1) is 40.2. The molecule has 0 aliphatic carbocycles. The third-order valence-corrected chi connectivity index (χ3v) is 16.2. The van der Waals surface area contributed by atoms with Crippen LogP contribution in [0.3, 0.4) is 0 Å². The van der Waals surface area contributed by atoms with Crippen LogP contribution in [0, 0.1) is 5.92 Å². The fourth-order valence-electron chi connectivity index (χ4n) is 9.29. The molecule has 0 saturated carbocycles. The van der Waals surface area contributed by atoms with Crippen LogP contribution >= 0.6 is 21.6 Å². The fraction of sp³-hybridized carbons (Fsp3) is 0.373. The third kappa shape index (κ3) is 19.4. The maximum atomic E-state index is 14.9. The summed E-state index contributed by atoms with van der Waals surface area (Å²) in [6, 6.07) is 19.5. The Morgan fingerprint density at radius 3 is 1.81 bits per heavy atom. The highest BCUT2D eigenvalue weighted by molar-refractivity contribution is 8.76. The number of rotatable bonds is 18. The molecular formula is C59H74N12O11S2. The third-order valence-electron chi connectivity index (χ3n) is 13.8. The van der Waals surface area contributed by atoms with Gasteiger partial charge in [0.05, 0.1) is 6.04 Å². The minimum atomic E-state index is -1.40. The molecule has 17 N–H and O–H groups in total. The number of benzene rings is 4. The predicted octanol–water partition coefficient (Wildman–Crippen LogP) is 2.10. The second-order valence-electron chi connectivity index (χ2n) is 20.7. The number of carbonyl (C=O) groups excluding carboxylic acids is 8. The van der Waals surface area contributed by atoms with Gasteiger partial charge in [-0.15, -0.1) is 0 Å². The van der Waals surface area contributed by atoms with Crippen molar-refractivity contribution >= 4 is 96.6 Å². The number of aromatic amines is 2. The Kier molecular flexibility index (Phi) is 24.6. The molecule has 8 atom stereocenters. The van der Waals surface area contributed by atoms with Crippen molar-refractivity contribution < 1.29 is 53.4 Å². The van der Waals surface area contributed by atoms with E-state index in [1.165, 1.54) is 12.1 Å². The minimum Gasteiger partial charge on any atom is -0.508 e. The lowest BCUT2D eigenvalue weighted by atomic mass is 10.00. The summed E-state index contributed by atoms with van der Waals surface area (Å²) in [6.07, 6.45) is 4.31. The summed E-state index contributed by atoms with van der Waals surface area (Å²) in [6.45, 7) is 4.76. The molecule has 0 spiro atoms. The number of primary amides is 1. The molecule has 0 radical (unpaired) electrons. The Bertz CT molecular complexity index is 3230. The number of carbonyl (C=O) groups is 9. The number of para-hydroxylation sites is 2. The van der Waals surface area contributed by atoms with Crippen LogP contribution in [0.4, 0.5) is 0 Å². The van der Waals surface area contributed by atoms with Crippen LogP contribution in [-0.2, 0) is 68.8 Å². The Morgan fingerprint density at radius 1 is 0.643 bits per heavy atom. The number of hydrogen-bond acceptors (Lipinski definition) is 14. The van der Waals surface area contributed by atoms with E-state index in [-0.39, 0.29) is 55.9 Å². The van der Waals surface area contributed by atoms with E-state index in [1.807, 2.05) is 66.7 Å². The molecular weight excluding hydrogens is 1120 g/mol. The van der Waals surface area contributed by atoms with Crippen molar-refractivity contribution in [1.29, 1.82) is 0 Å². The zero-order valence-corrected chi connectivity index (χ0v) is 48.5. The van der Waals surface area contributed by atoms with E-state index in [2.05, 4.69) is 47.2 Å². The standard InChI is InChI=1S/C57H70N12O9S2.C2H4O2/c1-32(2)49-57(78)68-48(55(76)64-44(50(60)71)26-35-28-61-41-16-8-6-14-38(35)41)31-80-79-30-47(67-51(72)40(59)24-33-12-4-3-5-13-33)56(77)65-45(25-34-19-21-37(70)22-20-34)53(74)66-46(27-36-29-62-42-17-9-7-15-39(36)42)54(75)63-43(52(73)69-49)18-10-11-23-58;1-2(3)4/h3-9,12-17,19-22,28-29,32,40,43-49,61-62,70H,10-11,18,23-27,30-31,58-59H2,1-2H3,(H2,60,71)(H,63,75)(H,64,76)(H,65,77)(H,66,74)(H,67,72)(H,68,78)(H,69,73);1H3,(H,3,4). The highest BCUT2D eigenvalue weighted by atomic mass is 33.1. The minimum absolute atomic E-state index is 0.00683. The average Bonchev–Trinajstić information content (AvgIpc) is 4.31. The normalized spacial score (nSPS) is 20.1. The topological polar surface area (TPSA) is 388 Å². The number of aromatic hydroxyl groups is 1. The van der Waals surface area contributed by atoms with Crippen LogP contribution in [0.1, 0.15) is 62.3 Å². The first-order valence-corrected chi connectivity index (χ1v) is 29.9. The number of carboxylic acids is 1. The first-order valence-electron chi connectivity index (χ1n) is 27.4. The van der Waals surface area contributed by atoms with Crippen molar-refractivity contribution in [2.45, 2.75) is 114 Å². The molecule has 1 aliphatic heterocycles. The predicted molar refractivity (Wildman–Crippen MR) is 323 cm³/mol. The largest absolute Gasteiger partial charge is 0.508 e. The van der Waals surface area contributed by atoms with Gasteiger partial charge in [-0.1, -0.05) is 114 Å². The molecule has 6 aromatic rings. The summed E-state index contributed by atoms with van der Waals surface area (Å²) in [5.41, 5.74) is 22.4. The van der Waals surface area contributed by atoms with Gasteiger partial charge in [0.15, 0.2) is 0 Å². The zero-order chi connectivity index (χ0) is 60.9. The highest BCUT2D eigenvalue weighted by Crippen LogP contribution is 2.25. The summed E-state index contributed by atoms with van der Waals surface area (Å²) < 4.78 is 0. The van der Waals surface area contributed by atoms with E-state index in [4.69, 9.17) is 27.1 Å². The molecule has 1 aliphatic rings. The van der Waals surface area contributed by atoms with Crippen molar-refractivity contribution in [2.75, 3.05) is 18.1 Å². The molecule has 8 amide bonds. The molecule has 84 heavy (non-hydrogen) atoms. The number of carboxylic acid groups (broad SMARTS) is 1. The zero-order valence-electron chi connectivity index (χ0n) is 46.9. The second-order valence-corrected chi connectivity index (χ2v) is 23.2. The number of nitrogens with two attached hydrogens (primary N) is 3. The van der Waals surface area contributed by atoms with E-state index in [0.29, 0.717) is 29.5 Å². The Hall–Kier alpha value is -8.39. The summed E-state index contributed by atoms with van der Waals surface area (Å²) in [5, 5.41) is 38.7. The molecule has 1 saturated heterocycles. The van der Waals surface area contributed by atoms with Gasteiger partial charge in [-0.25, -0.2) is 0 Å². The maximum absolute atomic E-state index is 14.9. The molecule has 25 heteroatoms. The van der Waals surface area contributed by atoms with Crippen molar-refractivity contribution in [3.8, 4) is 5.75 Å². The van der Waals surface area contributed by atoms with Crippen molar-refractivity contribution in [3.63, 3.8) is 0 Å². The van der Waals surface area contributed by atoms with Gasteiger partial charge in [0.1, 0.15) is 48.0 Å². The molecule has 23 nitrogen and oxygen atoms in total. The highest BCUT2D eigenvalue weighted by Gasteiger charge is 2.36. The first kappa shape index (κ1) is 64.8. The lowest BCUT2D eigenvalue weighted by molar-refractivity contribution is -0.136. The van der Waals surface area contributed by atoms with Crippen LogP contribution in [0.25, 0.3) is 21.8 Å². The lowest BCUT2D eigenvalue weighted by Gasteiger charge is -2.29. The monoisotopic (exact) mass is 1190 g/mol. The Labute approximate surface area is 493 Å². The van der Waals surface area contributed by atoms with Gasteiger partial charge in [-0.3, -0.25) is 43.2 Å². The summed E-state index contributed by atoms with van der Waals surface area (Å²) in [7, 11) is 2.13. The van der Waals surface area contributed by atoms with Gasteiger partial charge in [-0.2, -0.15) is 0 Å². The summed E-state index contributed by atoms with van der Waals surface area (Å²) in [5.74, 6) is -7.90. The Morgan fingerprint density at radius 2 is 1.19 bits per heavy atom. The number of aromatic nitrogens is 2. The molecule has 2 aromatic heterocycles. The van der Waals surface area contributed by atoms with E-state index in [1.54, 1.807) is 50.5 Å². The molecule has 3 heterocycles. The van der Waals surface area contributed by atoms with E-state index < -0.39 is 107 Å². The molecule has 1 fully saturated rings. The van der Waals surface area contributed by atoms with Crippen LogP contribution in [0.5, 0.6) is 5.75 Å². The number of H-pyrrole nitrogens is 2. The van der Waals surface area contributed by atoms with Gasteiger partial charge in [-0.05, 0) is 84.7 Å². The average molecular weight is 1190 g/mol. The summed E-state index contributed by atoms with van der Waals surface area (Å²) in [4.78, 5) is 130. The maximum Gasteiger partial charge on any atom is 0.300 e. The Balaban J connectivity index is 0.00000274. The van der Waals surface area contributed by atoms with Crippen LogP contribution in [0.15, 0.2) is 116 Å². The number of fused-ring (bicyclic) bond motifs is 2. The van der Waals surface area contributed by atoms with Crippen LogP contribution < -0.4 is 54.4 Å². The lowest BCUT2D eigenvalue weighted by Crippen LogP contribution is -2.61. The quantitative estimate of drug-likeness (QED) is 0.0433. The van der Waals surface area contributed by atoms with Gasteiger partial charge in [0, 0.05) is 71.9 Å². The number of amides is 8. The van der Waals surface area contributed by atoms with Gasteiger partial charge in [0.25, 0.3) is 5.97 Å². The van der Waals surface area contributed by atoms with Gasteiger partial charge < -0.3 is 74.6 Å². The molecule has 8 unspecified atom stereocenters. The second kappa shape index (κ2) is 31.9.